The first-order valence-corrected chi connectivity index (χ1v) is 16.1. The molecule has 2 heteroatoms. The Morgan fingerprint density at radius 1 is 0.477 bits per heavy atom. The van der Waals surface area contributed by atoms with Crippen molar-refractivity contribution in [1.29, 1.82) is 0 Å². The summed E-state index contributed by atoms with van der Waals surface area (Å²) in [5.41, 5.74) is 8.80. The summed E-state index contributed by atoms with van der Waals surface area (Å²) in [6.07, 6.45) is 0. The van der Waals surface area contributed by atoms with Gasteiger partial charge in [-0.1, -0.05) is 105 Å². The summed E-state index contributed by atoms with van der Waals surface area (Å²) in [6.45, 7) is 4.75. The summed E-state index contributed by atoms with van der Waals surface area (Å²) in [7, 11) is 0. The van der Waals surface area contributed by atoms with E-state index in [2.05, 4.69) is 141 Å². The van der Waals surface area contributed by atoms with Crippen LogP contribution in [0.2, 0.25) is 0 Å². The van der Waals surface area contributed by atoms with Gasteiger partial charge < -0.3 is 0 Å². The van der Waals surface area contributed by atoms with Gasteiger partial charge in [-0.25, -0.2) is 4.98 Å². The molecule has 1 nitrogen and oxygen atoms in total. The van der Waals surface area contributed by atoms with E-state index < -0.39 is 0 Å². The number of hydrogen-bond donors (Lipinski definition) is 0. The number of para-hydroxylation sites is 1. The van der Waals surface area contributed by atoms with E-state index in [-0.39, 0.29) is 5.41 Å². The summed E-state index contributed by atoms with van der Waals surface area (Å²) in [5, 5.41) is 11.7. The molecule has 9 aromatic rings. The van der Waals surface area contributed by atoms with Gasteiger partial charge in [-0.2, -0.15) is 0 Å². The Labute approximate surface area is 259 Å². The quantitative estimate of drug-likeness (QED) is 0.177. The third kappa shape index (κ3) is 3.16. The Balaban J connectivity index is 1.30. The number of benzene rings is 7. The first-order valence-electron chi connectivity index (χ1n) is 15.3. The summed E-state index contributed by atoms with van der Waals surface area (Å²) in [6, 6.07) is 47.2. The van der Waals surface area contributed by atoms with Crippen LogP contribution in [0.5, 0.6) is 0 Å². The zero-order chi connectivity index (χ0) is 29.2. The molecule has 0 spiro atoms. The molecule has 10 rings (SSSR count). The Morgan fingerprint density at radius 3 is 2.05 bits per heavy atom. The van der Waals surface area contributed by atoms with Crippen LogP contribution in [-0.2, 0) is 5.41 Å². The lowest BCUT2D eigenvalue weighted by atomic mass is 9.81. The van der Waals surface area contributed by atoms with E-state index in [9.17, 15) is 0 Å². The molecule has 0 aliphatic heterocycles. The first kappa shape index (κ1) is 24.4. The number of rotatable bonds is 1. The number of pyridine rings is 1. The van der Waals surface area contributed by atoms with Crippen LogP contribution in [0.25, 0.3) is 85.8 Å². The van der Waals surface area contributed by atoms with Crippen LogP contribution < -0.4 is 0 Å². The van der Waals surface area contributed by atoms with E-state index in [1.807, 2.05) is 11.3 Å². The Hall–Kier alpha value is -5.05. The van der Waals surface area contributed by atoms with Crippen molar-refractivity contribution < 1.29 is 0 Å². The highest BCUT2D eigenvalue weighted by atomic mass is 32.1. The molecule has 0 radical (unpaired) electrons. The van der Waals surface area contributed by atoms with Gasteiger partial charge in [0.15, 0.2) is 0 Å². The summed E-state index contributed by atoms with van der Waals surface area (Å²) in [5.74, 6) is 0. The molecule has 0 amide bonds. The minimum Gasteiger partial charge on any atom is -0.248 e. The van der Waals surface area contributed by atoms with E-state index in [4.69, 9.17) is 4.98 Å². The van der Waals surface area contributed by atoms with Crippen molar-refractivity contribution in [3.05, 3.63) is 139 Å². The molecule has 44 heavy (non-hydrogen) atoms. The molecule has 206 valence electrons. The lowest BCUT2D eigenvalue weighted by Crippen LogP contribution is -2.14. The molecular formula is C42H27NS. The number of hydrogen-bond acceptors (Lipinski definition) is 2. The largest absolute Gasteiger partial charge is 0.248 e. The van der Waals surface area contributed by atoms with E-state index >= 15 is 0 Å². The van der Waals surface area contributed by atoms with E-state index in [0.717, 1.165) is 11.2 Å². The lowest BCUT2D eigenvalue weighted by Gasteiger charge is -2.22. The average molecular weight is 578 g/mol. The van der Waals surface area contributed by atoms with E-state index in [1.165, 1.54) is 85.7 Å². The van der Waals surface area contributed by atoms with Gasteiger partial charge in [0, 0.05) is 36.5 Å². The zero-order valence-electron chi connectivity index (χ0n) is 24.5. The van der Waals surface area contributed by atoms with Crippen LogP contribution in [-0.4, -0.2) is 4.98 Å². The Morgan fingerprint density at radius 2 is 1.16 bits per heavy atom. The molecule has 0 atom stereocenters. The monoisotopic (exact) mass is 577 g/mol. The fourth-order valence-electron chi connectivity index (χ4n) is 7.85. The maximum absolute atomic E-state index is 5.07. The molecule has 2 aromatic heterocycles. The van der Waals surface area contributed by atoms with Crippen LogP contribution in [0, 0.1) is 0 Å². The molecule has 1 aliphatic rings. The standard InChI is InChI=1S/C42H27NS/c1-42(2)36-16-7-6-13-27(36)34-20-30-25-11-4-5-12-26(25)31-21-35-28-14-9-15-29(39-19-18-24-10-3-8-17-38(24)43-39)41(28)44-40(35)23-33(31)32(30)22-37(34)42/h3-23H,1-2H3. The number of nitrogens with zero attached hydrogens (tertiary/aromatic N) is 1. The van der Waals surface area contributed by atoms with Crippen LogP contribution in [0.3, 0.4) is 0 Å². The van der Waals surface area contributed by atoms with Crippen molar-refractivity contribution in [3.8, 4) is 22.4 Å². The average Bonchev–Trinajstić information content (AvgIpc) is 3.54. The minimum absolute atomic E-state index is 0.0401. The van der Waals surface area contributed by atoms with Gasteiger partial charge in [-0.05, 0) is 91.0 Å². The van der Waals surface area contributed by atoms with Gasteiger partial charge in [-0.15, -0.1) is 11.3 Å². The number of fused-ring (bicyclic) bond motifs is 13. The van der Waals surface area contributed by atoms with Crippen molar-refractivity contribution in [3.63, 3.8) is 0 Å². The topological polar surface area (TPSA) is 12.9 Å². The molecule has 2 heterocycles. The number of aromatic nitrogens is 1. The molecule has 7 aromatic carbocycles. The van der Waals surface area contributed by atoms with Crippen LogP contribution in [0.4, 0.5) is 0 Å². The van der Waals surface area contributed by atoms with Crippen LogP contribution >= 0.6 is 11.3 Å². The highest BCUT2D eigenvalue weighted by Crippen LogP contribution is 2.52. The van der Waals surface area contributed by atoms with Crippen molar-refractivity contribution in [2.45, 2.75) is 19.3 Å². The number of thiophene rings is 1. The van der Waals surface area contributed by atoms with Gasteiger partial charge in [0.1, 0.15) is 0 Å². The second-order valence-corrected chi connectivity index (χ2v) is 13.8. The SMILES string of the molecule is CC1(C)c2ccccc2-c2cc3c4ccccc4c4cc5c(cc4c3cc21)sc1c(-c2ccc3ccccc3n2)cccc15. The molecule has 0 unspecified atom stereocenters. The van der Waals surface area contributed by atoms with Gasteiger partial charge in [-0.3, -0.25) is 0 Å². The van der Waals surface area contributed by atoms with E-state index in [1.54, 1.807) is 0 Å². The second-order valence-electron chi connectivity index (χ2n) is 12.7. The third-order valence-corrected chi connectivity index (χ3v) is 11.2. The summed E-state index contributed by atoms with van der Waals surface area (Å²) >= 11 is 1.89. The fraction of sp³-hybridized carbons (Fsp3) is 0.0714. The highest BCUT2D eigenvalue weighted by Gasteiger charge is 2.35. The Kier molecular flexibility index (Phi) is 4.73. The van der Waals surface area contributed by atoms with Gasteiger partial charge in [0.25, 0.3) is 0 Å². The van der Waals surface area contributed by atoms with Gasteiger partial charge in [0.2, 0.25) is 0 Å². The highest BCUT2D eigenvalue weighted by molar-refractivity contribution is 7.26. The van der Waals surface area contributed by atoms with Crippen molar-refractivity contribution in [2.75, 3.05) is 0 Å². The predicted molar refractivity (Wildman–Crippen MR) is 190 cm³/mol. The van der Waals surface area contributed by atoms with Crippen LogP contribution in [0.1, 0.15) is 25.0 Å². The van der Waals surface area contributed by atoms with Crippen molar-refractivity contribution >= 4 is 74.7 Å². The Bertz CT molecular complexity index is 2690. The second kappa shape index (κ2) is 8.53. The van der Waals surface area contributed by atoms with Crippen molar-refractivity contribution in [2.24, 2.45) is 0 Å². The molecule has 1 aliphatic carbocycles. The van der Waals surface area contributed by atoms with Crippen LogP contribution in [0.15, 0.2) is 127 Å². The van der Waals surface area contributed by atoms with Gasteiger partial charge in [0.05, 0.1) is 11.2 Å². The lowest BCUT2D eigenvalue weighted by molar-refractivity contribution is 0.661. The molecule has 0 bridgehead atoms. The zero-order valence-corrected chi connectivity index (χ0v) is 25.3. The minimum atomic E-state index is -0.0401. The molecule has 0 saturated heterocycles. The molecular weight excluding hydrogens is 551 g/mol. The first-order chi connectivity index (χ1) is 21.6. The molecule has 0 N–H and O–H groups in total. The smallest absolute Gasteiger partial charge is 0.0724 e. The molecule has 0 saturated carbocycles. The normalized spacial score (nSPS) is 13.9. The predicted octanol–water partition coefficient (Wildman–Crippen LogP) is 12.0. The summed E-state index contributed by atoms with van der Waals surface area (Å²) < 4.78 is 2.62. The molecule has 0 fully saturated rings. The third-order valence-electron chi connectivity index (χ3n) is 10.0. The summed E-state index contributed by atoms with van der Waals surface area (Å²) in [4.78, 5) is 5.07. The van der Waals surface area contributed by atoms with E-state index in [0.29, 0.717) is 0 Å². The van der Waals surface area contributed by atoms with Gasteiger partial charge >= 0.3 is 0 Å². The maximum atomic E-state index is 5.07. The van der Waals surface area contributed by atoms with Crippen molar-refractivity contribution in [1.82, 2.24) is 4.98 Å². The fourth-order valence-corrected chi connectivity index (χ4v) is 9.10. The maximum Gasteiger partial charge on any atom is 0.0724 e.